The highest BCUT2D eigenvalue weighted by atomic mass is 16.5. The van der Waals surface area contributed by atoms with Crippen molar-refractivity contribution in [3.8, 4) is 0 Å². The van der Waals surface area contributed by atoms with Crippen LogP contribution in [0.1, 0.15) is 44.2 Å². The maximum atomic E-state index is 5.93. The molecular formula is C16H24N4O. The summed E-state index contributed by atoms with van der Waals surface area (Å²) in [5.41, 5.74) is 2.04. The number of aryl methyl sites for hydroxylation is 1. The van der Waals surface area contributed by atoms with Crippen molar-refractivity contribution >= 4 is 11.3 Å². The van der Waals surface area contributed by atoms with Gasteiger partial charge in [0.15, 0.2) is 5.82 Å². The molecule has 2 aromatic rings. The van der Waals surface area contributed by atoms with Gasteiger partial charge in [-0.05, 0) is 32.3 Å². The Labute approximate surface area is 125 Å². The number of fused-ring (bicyclic) bond motifs is 1. The summed E-state index contributed by atoms with van der Waals surface area (Å²) in [6, 6.07) is 2.05. The van der Waals surface area contributed by atoms with Crippen LogP contribution in [0, 0.1) is 6.92 Å². The molecule has 21 heavy (non-hydrogen) atoms. The molecule has 114 valence electrons. The van der Waals surface area contributed by atoms with Crippen LogP contribution >= 0.6 is 0 Å². The average molecular weight is 288 g/mol. The highest BCUT2D eigenvalue weighted by molar-refractivity contribution is 5.67. The van der Waals surface area contributed by atoms with Gasteiger partial charge in [0, 0.05) is 25.5 Å². The van der Waals surface area contributed by atoms with Gasteiger partial charge in [-0.3, -0.25) is 0 Å². The van der Waals surface area contributed by atoms with Crippen LogP contribution in [-0.4, -0.2) is 33.9 Å². The van der Waals surface area contributed by atoms with Gasteiger partial charge in [0.05, 0.1) is 11.8 Å². The number of nitrogens with one attached hydrogen (secondary N) is 1. The van der Waals surface area contributed by atoms with Gasteiger partial charge in [0.25, 0.3) is 0 Å². The zero-order chi connectivity index (χ0) is 14.5. The summed E-state index contributed by atoms with van der Waals surface area (Å²) in [6.07, 6.45) is 11.7. The van der Waals surface area contributed by atoms with E-state index in [1.807, 2.05) is 23.7 Å². The first-order valence-electron chi connectivity index (χ1n) is 7.99. The quantitative estimate of drug-likeness (QED) is 0.829. The minimum Gasteiger partial charge on any atom is -0.378 e. The first kappa shape index (κ1) is 14.3. The summed E-state index contributed by atoms with van der Waals surface area (Å²) in [4.78, 5) is 4.39. The summed E-state index contributed by atoms with van der Waals surface area (Å²) in [5, 5.41) is 7.78. The minimum absolute atomic E-state index is 0.498. The normalized spacial score (nSPS) is 16.4. The van der Waals surface area contributed by atoms with Crippen molar-refractivity contribution < 1.29 is 4.74 Å². The molecule has 0 radical (unpaired) electrons. The van der Waals surface area contributed by atoms with E-state index in [-0.39, 0.29) is 0 Å². The van der Waals surface area contributed by atoms with Gasteiger partial charge in [0.2, 0.25) is 0 Å². The first-order valence-corrected chi connectivity index (χ1v) is 7.99. The van der Waals surface area contributed by atoms with E-state index < -0.39 is 0 Å². The molecule has 0 amide bonds. The van der Waals surface area contributed by atoms with Crippen molar-refractivity contribution in [1.82, 2.24) is 14.6 Å². The summed E-state index contributed by atoms with van der Waals surface area (Å²) >= 11 is 0. The Morgan fingerprint density at radius 3 is 3.05 bits per heavy atom. The molecule has 0 saturated heterocycles. The van der Waals surface area contributed by atoms with E-state index in [1.54, 1.807) is 6.20 Å². The lowest BCUT2D eigenvalue weighted by Gasteiger charge is -2.21. The Kier molecular flexibility index (Phi) is 4.70. The first-order chi connectivity index (χ1) is 10.3. The molecule has 0 spiro atoms. The van der Waals surface area contributed by atoms with Crippen molar-refractivity contribution in [3.05, 3.63) is 24.2 Å². The maximum Gasteiger partial charge on any atom is 0.152 e. The number of hydrogen-bond donors (Lipinski definition) is 1. The SMILES string of the molecule is Cc1cc2c(NCCCOC3CCCCC3)nccn2n1. The highest BCUT2D eigenvalue weighted by Gasteiger charge is 2.13. The maximum absolute atomic E-state index is 5.93. The van der Waals surface area contributed by atoms with E-state index in [0.717, 1.165) is 36.6 Å². The van der Waals surface area contributed by atoms with Gasteiger partial charge in [-0.1, -0.05) is 19.3 Å². The molecule has 2 heterocycles. The molecule has 1 aliphatic rings. The smallest absolute Gasteiger partial charge is 0.152 e. The third-order valence-electron chi connectivity index (χ3n) is 4.03. The predicted molar refractivity (Wildman–Crippen MR) is 83.7 cm³/mol. The molecule has 2 aromatic heterocycles. The fraction of sp³-hybridized carbons (Fsp3) is 0.625. The minimum atomic E-state index is 0.498. The Bertz CT molecular complexity index is 575. The Morgan fingerprint density at radius 2 is 2.19 bits per heavy atom. The number of hydrogen-bond acceptors (Lipinski definition) is 4. The number of aromatic nitrogens is 3. The molecule has 1 N–H and O–H groups in total. The van der Waals surface area contributed by atoms with Gasteiger partial charge in [-0.15, -0.1) is 0 Å². The standard InChI is InChI=1S/C16H24N4O/c1-13-12-15-16(18-9-10-20(15)19-13)17-8-5-11-21-14-6-3-2-4-7-14/h9-10,12,14H,2-8,11H2,1H3,(H,17,18). The zero-order valence-corrected chi connectivity index (χ0v) is 12.7. The lowest BCUT2D eigenvalue weighted by atomic mass is 9.98. The van der Waals surface area contributed by atoms with Crippen molar-refractivity contribution in [2.45, 2.75) is 51.6 Å². The predicted octanol–water partition coefficient (Wildman–Crippen LogP) is 3.19. The Hall–Kier alpha value is -1.62. The van der Waals surface area contributed by atoms with Gasteiger partial charge in [-0.2, -0.15) is 5.10 Å². The molecule has 1 fully saturated rings. The number of ether oxygens (including phenoxy) is 1. The number of anilines is 1. The van der Waals surface area contributed by atoms with Gasteiger partial charge in [-0.25, -0.2) is 9.50 Å². The van der Waals surface area contributed by atoms with E-state index >= 15 is 0 Å². The van der Waals surface area contributed by atoms with Crippen molar-refractivity contribution in [1.29, 1.82) is 0 Å². The summed E-state index contributed by atoms with van der Waals surface area (Å²) < 4.78 is 7.80. The molecule has 3 rings (SSSR count). The molecule has 1 saturated carbocycles. The molecule has 5 nitrogen and oxygen atoms in total. The number of nitrogens with zero attached hydrogens (tertiary/aromatic N) is 3. The van der Waals surface area contributed by atoms with E-state index in [2.05, 4.69) is 15.4 Å². The van der Waals surface area contributed by atoms with E-state index in [0.29, 0.717) is 6.10 Å². The Morgan fingerprint density at radius 1 is 1.33 bits per heavy atom. The second-order valence-corrected chi connectivity index (χ2v) is 5.80. The Balaban J connectivity index is 1.44. The zero-order valence-electron chi connectivity index (χ0n) is 12.7. The lowest BCUT2D eigenvalue weighted by molar-refractivity contribution is 0.0284. The van der Waals surface area contributed by atoms with Crippen LogP contribution in [0.3, 0.4) is 0 Å². The summed E-state index contributed by atoms with van der Waals surface area (Å²) in [5.74, 6) is 0.899. The van der Waals surface area contributed by atoms with Crippen LogP contribution in [0.25, 0.3) is 5.52 Å². The number of rotatable bonds is 6. The second-order valence-electron chi connectivity index (χ2n) is 5.80. The summed E-state index contributed by atoms with van der Waals surface area (Å²) in [7, 11) is 0. The lowest BCUT2D eigenvalue weighted by Crippen LogP contribution is -2.18. The average Bonchev–Trinajstić information content (AvgIpc) is 2.89. The fourth-order valence-corrected chi connectivity index (χ4v) is 2.94. The summed E-state index contributed by atoms with van der Waals surface area (Å²) in [6.45, 7) is 3.71. The molecule has 0 aliphatic heterocycles. The molecule has 1 aliphatic carbocycles. The van der Waals surface area contributed by atoms with Crippen LogP contribution < -0.4 is 5.32 Å². The monoisotopic (exact) mass is 288 g/mol. The largest absolute Gasteiger partial charge is 0.378 e. The van der Waals surface area contributed by atoms with E-state index in [9.17, 15) is 0 Å². The van der Waals surface area contributed by atoms with E-state index in [4.69, 9.17) is 4.74 Å². The molecule has 0 unspecified atom stereocenters. The molecule has 5 heteroatoms. The molecular weight excluding hydrogens is 264 g/mol. The van der Waals surface area contributed by atoms with Crippen LogP contribution in [0.5, 0.6) is 0 Å². The topological polar surface area (TPSA) is 51.5 Å². The molecule has 0 atom stereocenters. The fourth-order valence-electron chi connectivity index (χ4n) is 2.94. The van der Waals surface area contributed by atoms with E-state index in [1.165, 1.54) is 32.1 Å². The van der Waals surface area contributed by atoms with Crippen molar-refractivity contribution in [3.63, 3.8) is 0 Å². The highest BCUT2D eigenvalue weighted by Crippen LogP contribution is 2.20. The van der Waals surface area contributed by atoms with Crippen LogP contribution in [0.15, 0.2) is 18.5 Å². The van der Waals surface area contributed by atoms with Crippen LogP contribution in [0.2, 0.25) is 0 Å². The van der Waals surface area contributed by atoms with Gasteiger partial charge >= 0.3 is 0 Å². The van der Waals surface area contributed by atoms with Gasteiger partial charge < -0.3 is 10.1 Å². The second kappa shape index (κ2) is 6.89. The molecule has 0 bridgehead atoms. The van der Waals surface area contributed by atoms with Crippen LogP contribution in [-0.2, 0) is 4.74 Å². The van der Waals surface area contributed by atoms with Crippen LogP contribution in [0.4, 0.5) is 5.82 Å². The van der Waals surface area contributed by atoms with Crippen molar-refractivity contribution in [2.75, 3.05) is 18.5 Å². The third kappa shape index (κ3) is 3.73. The third-order valence-corrected chi connectivity index (χ3v) is 4.03. The molecule has 0 aromatic carbocycles. The van der Waals surface area contributed by atoms with Gasteiger partial charge in [0.1, 0.15) is 5.52 Å². The van der Waals surface area contributed by atoms with Crippen molar-refractivity contribution in [2.24, 2.45) is 0 Å².